The fraction of sp³-hybridized carbons (Fsp3) is 0.750. The van der Waals surface area contributed by atoms with Crippen molar-refractivity contribution >= 4 is 17.3 Å². The van der Waals surface area contributed by atoms with Crippen LogP contribution in [0, 0.1) is 11.8 Å². The van der Waals surface area contributed by atoms with Gasteiger partial charge in [0.2, 0.25) is 0 Å². The Kier molecular flexibility index (Phi) is 3.65. The van der Waals surface area contributed by atoms with Gasteiger partial charge in [0.25, 0.3) is 5.56 Å². The highest BCUT2D eigenvalue weighted by atomic mass is 35.5. The molecule has 1 aliphatic heterocycles. The van der Waals surface area contributed by atoms with Crippen LogP contribution in [0.1, 0.15) is 25.7 Å². The molecule has 1 saturated heterocycles. The first-order valence-electron chi connectivity index (χ1n) is 8.34. The summed E-state index contributed by atoms with van der Waals surface area (Å²) in [7, 11) is 1.63. The molecule has 6 heteroatoms. The minimum atomic E-state index is -0.213. The molecule has 4 rings (SSSR count). The molecule has 1 aromatic rings. The molecule has 2 saturated carbocycles. The number of hydrogen-bond donors (Lipinski definition) is 0. The molecule has 3 fully saturated rings. The van der Waals surface area contributed by atoms with E-state index >= 15 is 0 Å². The molecule has 0 spiro atoms. The Morgan fingerprint density at radius 1 is 1.18 bits per heavy atom. The summed E-state index contributed by atoms with van der Waals surface area (Å²) in [5.74, 6) is 1.93. The molecule has 2 bridgehead atoms. The SMILES string of the molecule is Cn1ncc(N2CCN([C@H]3C[C@H]4CC[C@H]3C4)CC2)c(Cl)c1=O. The molecule has 0 aromatic carbocycles. The molecular formula is C16H23ClN4O. The molecule has 2 aliphatic carbocycles. The summed E-state index contributed by atoms with van der Waals surface area (Å²) in [6, 6.07) is 0.804. The van der Waals surface area contributed by atoms with Gasteiger partial charge in [0, 0.05) is 39.3 Å². The Hall–Kier alpha value is -1.07. The molecule has 0 radical (unpaired) electrons. The number of aromatic nitrogens is 2. The van der Waals surface area contributed by atoms with Crippen LogP contribution in [0.3, 0.4) is 0 Å². The van der Waals surface area contributed by atoms with Gasteiger partial charge < -0.3 is 4.90 Å². The van der Waals surface area contributed by atoms with Gasteiger partial charge in [0.1, 0.15) is 5.02 Å². The third-order valence-electron chi connectivity index (χ3n) is 5.88. The molecule has 22 heavy (non-hydrogen) atoms. The van der Waals surface area contributed by atoms with Crippen LogP contribution in [0.2, 0.25) is 5.02 Å². The lowest BCUT2D eigenvalue weighted by Crippen LogP contribution is -2.52. The van der Waals surface area contributed by atoms with Crippen LogP contribution >= 0.6 is 11.6 Å². The Labute approximate surface area is 135 Å². The Balaban J connectivity index is 1.44. The van der Waals surface area contributed by atoms with E-state index in [1.807, 2.05) is 0 Å². The van der Waals surface area contributed by atoms with E-state index in [1.54, 1.807) is 13.2 Å². The zero-order valence-corrected chi connectivity index (χ0v) is 13.8. The van der Waals surface area contributed by atoms with Crippen molar-refractivity contribution in [2.75, 3.05) is 31.1 Å². The molecule has 0 unspecified atom stereocenters. The summed E-state index contributed by atoms with van der Waals surface area (Å²) in [6.07, 6.45) is 7.46. The Morgan fingerprint density at radius 2 is 1.95 bits per heavy atom. The highest BCUT2D eigenvalue weighted by molar-refractivity contribution is 6.33. The lowest BCUT2D eigenvalue weighted by atomic mass is 9.93. The molecule has 3 aliphatic rings. The van der Waals surface area contributed by atoms with Crippen molar-refractivity contribution in [1.82, 2.24) is 14.7 Å². The van der Waals surface area contributed by atoms with Gasteiger partial charge in [-0.3, -0.25) is 9.69 Å². The number of piperazine rings is 1. The Bertz CT molecular complexity index is 623. The maximum absolute atomic E-state index is 11.9. The molecule has 0 N–H and O–H groups in total. The molecule has 2 heterocycles. The van der Waals surface area contributed by atoms with Gasteiger partial charge in [-0.1, -0.05) is 18.0 Å². The minimum absolute atomic E-state index is 0.213. The van der Waals surface area contributed by atoms with Crippen molar-refractivity contribution in [2.24, 2.45) is 18.9 Å². The van der Waals surface area contributed by atoms with Gasteiger partial charge in [-0.15, -0.1) is 0 Å². The highest BCUT2D eigenvalue weighted by Crippen LogP contribution is 2.46. The summed E-state index contributed by atoms with van der Waals surface area (Å²) in [5, 5.41) is 4.40. The smallest absolute Gasteiger partial charge is 0.287 e. The van der Waals surface area contributed by atoms with E-state index in [0.29, 0.717) is 5.02 Å². The maximum Gasteiger partial charge on any atom is 0.287 e. The zero-order valence-electron chi connectivity index (χ0n) is 13.0. The molecule has 120 valence electrons. The molecule has 3 atom stereocenters. The van der Waals surface area contributed by atoms with Crippen LogP contribution in [0.25, 0.3) is 0 Å². The number of fused-ring (bicyclic) bond motifs is 2. The first kappa shape index (κ1) is 14.5. The van der Waals surface area contributed by atoms with Crippen LogP contribution < -0.4 is 10.5 Å². The summed E-state index contributed by atoms with van der Waals surface area (Å²) in [6.45, 7) is 4.00. The number of nitrogens with zero attached hydrogens (tertiary/aromatic N) is 4. The van der Waals surface area contributed by atoms with Gasteiger partial charge in [-0.25, -0.2) is 4.68 Å². The number of rotatable bonds is 2. The minimum Gasteiger partial charge on any atom is -0.366 e. The van der Waals surface area contributed by atoms with E-state index in [0.717, 1.165) is 49.7 Å². The summed E-state index contributed by atoms with van der Waals surface area (Å²) >= 11 is 6.22. The van der Waals surface area contributed by atoms with Crippen molar-refractivity contribution in [3.63, 3.8) is 0 Å². The van der Waals surface area contributed by atoms with E-state index in [4.69, 9.17) is 11.6 Å². The topological polar surface area (TPSA) is 41.4 Å². The zero-order chi connectivity index (χ0) is 15.3. The van der Waals surface area contributed by atoms with E-state index in [9.17, 15) is 4.79 Å². The number of halogens is 1. The first-order valence-corrected chi connectivity index (χ1v) is 8.72. The second kappa shape index (κ2) is 5.53. The lowest BCUT2D eigenvalue weighted by molar-refractivity contribution is 0.135. The van der Waals surface area contributed by atoms with E-state index in [1.165, 1.54) is 30.4 Å². The van der Waals surface area contributed by atoms with Gasteiger partial charge in [-0.2, -0.15) is 5.10 Å². The van der Waals surface area contributed by atoms with Crippen LogP contribution in [-0.2, 0) is 7.05 Å². The standard InChI is InChI=1S/C16H23ClN4O/c1-19-16(22)15(17)14(10-18-19)21-6-4-20(5-7-21)13-9-11-2-3-12(13)8-11/h10-13H,2-9H2,1H3/t11-,12-,13-/m0/s1. The second-order valence-corrected chi connectivity index (χ2v) is 7.42. The fourth-order valence-corrected chi connectivity index (χ4v) is 4.97. The number of aryl methyl sites for hydroxylation is 1. The summed E-state index contributed by atoms with van der Waals surface area (Å²) in [4.78, 5) is 16.8. The second-order valence-electron chi connectivity index (χ2n) is 7.04. The van der Waals surface area contributed by atoms with E-state index in [2.05, 4.69) is 14.9 Å². The predicted molar refractivity (Wildman–Crippen MR) is 87.5 cm³/mol. The third kappa shape index (κ3) is 2.35. The first-order chi connectivity index (χ1) is 10.6. The number of hydrogen-bond acceptors (Lipinski definition) is 4. The van der Waals surface area contributed by atoms with Crippen LogP contribution in [-0.4, -0.2) is 46.9 Å². The van der Waals surface area contributed by atoms with Crippen LogP contribution in [0.15, 0.2) is 11.0 Å². The monoisotopic (exact) mass is 322 g/mol. The van der Waals surface area contributed by atoms with Gasteiger partial charge >= 0.3 is 0 Å². The van der Waals surface area contributed by atoms with Crippen LogP contribution in [0.5, 0.6) is 0 Å². The highest BCUT2D eigenvalue weighted by Gasteiger charge is 2.42. The van der Waals surface area contributed by atoms with Gasteiger partial charge in [0.05, 0.1) is 11.9 Å². The fourth-order valence-electron chi connectivity index (χ4n) is 4.68. The van der Waals surface area contributed by atoms with Crippen molar-refractivity contribution < 1.29 is 0 Å². The van der Waals surface area contributed by atoms with Crippen molar-refractivity contribution in [2.45, 2.75) is 31.7 Å². The largest absolute Gasteiger partial charge is 0.366 e. The maximum atomic E-state index is 11.9. The van der Waals surface area contributed by atoms with Crippen molar-refractivity contribution in [1.29, 1.82) is 0 Å². The summed E-state index contributed by atoms with van der Waals surface area (Å²) < 4.78 is 1.29. The Morgan fingerprint density at radius 3 is 2.59 bits per heavy atom. The van der Waals surface area contributed by atoms with Gasteiger partial charge in [-0.05, 0) is 31.1 Å². The molecule has 0 amide bonds. The lowest BCUT2D eigenvalue weighted by Gasteiger charge is -2.41. The predicted octanol–water partition coefficient (Wildman–Crippen LogP) is 1.74. The van der Waals surface area contributed by atoms with E-state index < -0.39 is 0 Å². The van der Waals surface area contributed by atoms with Gasteiger partial charge in [0.15, 0.2) is 0 Å². The normalized spacial score (nSPS) is 31.9. The third-order valence-corrected chi connectivity index (χ3v) is 6.24. The molecule has 5 nitrogen and oxygen atoms in total. The van der Waals surface area contributed by atoms with Crippen molar-refractivity contribution in [3.05, 3.63) is 21.6 Å². The average Bonchev–Trinajstić information content (AvgIpc) is 3.16. The number of anilines is 1. The van der Waals surface area contributed by atoms with Crippen LogP contribution in [0.4, 0.5) is 5.69 Å². The average molecular weight is 323 g/mol. The van der Waals surface area contributed by atoms with E-state index in [-0.39, 0.29) is 5.56 Å². The summed E-state index contributed by atoms with van der Waals surface area (Å²) in [5.41, 5.74) is 0.576. The van der Waals surface area contributed by atoms with Crippen molar-refractivity contribution in [3.8, 4) is 0 Å². The quantitative estimate of drug-likeness (QED) is 0.832. The molecule has 1 aromatic heterocycles. The molecular weight excluding hydrogens is 300 g/mol.